The van der Waals surface area contributed by atoms with Gasteiger partial charge in [-0.15, -0.1) is 0 Å². The van der Waals surface area contributed by atoms with E-state index in [0.717, 1.165) is 12.8 Å². The lowest BCUT2D eigenvalue weighted by atomic mass is 9.82. The first-order valence-corrected chi connectivity index (χ1v) is 7.63. The third-order valence-corrected chi connectivity index (χ3v) is 4.09. The Morgan fingerprint density at radius 3 is 2.19 bits per heavy atom. The molecule has 0 unspecified atom stereocenters. The number of aliphatic carboxylic acids is 1. The van der Waals surface area contributed by atoms with E-state index in [9.17, 15) is 9.59 Å². The number of carboxylic acids is 1. The Kier molecular flexibility index (Phi) is 5.37. The lowest BCUT2D eigenvalue weighted by Crippen LogP contribution is -2.28. The van der Waals surface area contributed by atoms with Crippen LogP contribution in [0.25, 0.3) is 0 Å². The number of carboxylic acid groups (broad SMARTS) is 1. The van der Waals surface area contributed by atoms with Crippen molar-refractivity contribution in [3.05, 3.63) is 29.8 Å². The second kappa shape index (κ2) is 7.25. The largest absolute Gasteiger partial charge is 0.481 e. The Balaban J connectivity index is 1.85. The van der Waals surface area contributed by atoms with Gasteiger partial charge in [-0.05, 0) is 49.8 Å². The molecular weight excluding hydrogens is 268 g/mol. The van der Waals surface area contributed by atoms with Gasteiger partial charge in [-0.25, -0.2) is 0 Å². The van der Waals surface area contributed by atoms with Crippen LogP contribution in [0.4, 0.5) is 0 Å². The molecule has 1 N–H and O–H groups in total. The fourth-order valence-electron chi connectivity index (χ4n) is 2.79. The SMILES string of the molecule is CCCc1ccc(OC(=O)[C@H]2CC[C@H](C(=O)O)CC2)cc1. The number of ether oxygens (including phenoxy) is 1. The molecule has 0 bridgehead atoms. The van der Waals surface area contributed by atoms with Crippen LogP contribution in [0, 0.1) is 11.8 Å². The maximum Gasteiger partial charge on any atom is 0.314 e. The number of carbonyl (C=O) groups is 2. The fraction of sp³-hybridized carbons (Fsp3) is 0.529. The van der Waals surface area contributed by atoms with Crippen molar-refractivity contribution in [1.29, 1.82) is 0 Å². The third kappa shape index (κ3) is 4.31. The summed E-state index contributed by atoms with van der Waals surface area (Å²) in [5, 5.41) is 8.95. The van der Waals surface area contributed by atoms with Crippen molar-refractivity contribution in [3.8, 4) is 5.75 Å². The smallest absolute Gasteiger partial charge is 0.314 e. The van der Waals surface area contributed by atoms with E-state index in [0.29, 0.717) is 31.4 Å². The normalized spacial score (nSPS) is 21.8. The number of hydrogen-bond acceptors (Lipinski definition) is 3. The summed E-state index contributed by atoms with van der Waals surface area (Å²) >= 11 is 0. The zero-order valence-electron chi connectivity index (χ0n) is 12.4. The van der Waals surface area contributed by atoms with E-state index in [1.165, 1.54) is 5.56 Å². The summed E-state index contributed by atoms with van der Waals surface area (Å²) in [6.07, 6.45) is 4.43. The zero-order chi connectivity index (χ0) is 15.2. The summed E-state index contributed by atoms with van der Waals surface area (Å²) < 4.78 is 5.40. The van der Waals surface area contributed by atoms with Crippen LogP contribution in [0.3, 0.4) is 0 Å². The molecule has 1 aromatic carbocycles. The first kappa shape index (κ1) is 15.5. The van der Waals surface area contributed by atoms with E-state index in [1.54, 1.807) is 0 Å². The van der Waals surface area contributed by atoms with Crippen LogP contribution in [0.15, 0.2) is 24.3 Å². The van der Waals surface area contributed by atoms with Crippen LogP contribution in [0.1, 0.15) is 44.6 Å². The molecule has 1 aliphatic rings. The molecule has 0 spiro atoms. The highest BCUT2D eigenvalue weighted by atomic mass is 16.5. The monoisotopic (exact) mass is 290 g/mol. The van der Waals surface area contributed by atoms with Gasteiger partial charge in [0, 0.05) is 0 Å². The van der Waals surface area contributed by atoms with Gasteiger partial charge in [0.15, 0.2) is 0 Å². The van der Waals surface area contributed by atoms with Gasteiger partial charge in [0.25, 0.3) is 0 Å². The molecule has 0 amide bonds. The van der Waals surface area contributed by atoms with E-state index in [-0.39, 0.29) is 17.8 Å². The summed E-state index contributed by atoms with van der Waals surface area (Å²) in [7, 11) is 0. The Labute approximate surface area is 125 Å². The van der Waals surface area contributed by atoms with Crippen LogP contribution < -0.4 is 4.74 Å². The second-order valence-electron chi connectivity index (χ2n) is 5.70. The van der Waals surface area contributed by atoms with E-state index < -0.39 is 5.97 Å². The zero-order valence-corrected chi connectivity index (χ0v) is 12.4. The Bertz CT molecular complexity index is 484. The van der Waals surface area contributed by atoms with Crippen LogP contribution in [-0.2, 0) is 16.0 Å². The molecule has 0 atom stereocenters. The van der Waals surface area contributed by atoms with Gasteiger partial charge in [0.05, 0.1) is 11.8 Å². The molecule has 0 saturated heterocycles. The summed E-state index contributed by atoms with van der Waals surface area (Å²) in [6, 6.07) is 7.61. The van der Waals surface area contributed by atoms with E-state index in [1.807, 2.05) is 24.3 Å². The highest BCUT2D eigenvalue weighted by Gasteiger charge is 2.30. The molecule has 1 saturated carbocycles. The van der Waals surface area contributed by atoms with Gasteiger partial charge in [-0.3, -0.25) is 9.59 Å². The topological polar surface area (TPSA) is 63.6 Å². The molecule has 0 radical (unpaired) electrons. The molecule has 21 heavy (non-hydrogen) atoms. The van der Waals surface area contributed by atoms with Crippen LogP contribution >= 0.6 is 0 Å². The van der Waals surface area contributed by atoms with Crippen LogP contribution in [0.2, 0.25) is 0 Å². The van der Waals surface area contributed by atoms with Crippen LogP contribution in [0.5, 0.6) is 5.75 Å². The molecule has 1 aromatic rings. The average molecular weight is 290 g/mol. The molecule has 4 nitrogen and oxygen atoms in total. The summed E-state index contributed by atoms with van der Waals surface area (Å²) in [4.78, 5) is 23.0. The average Bonchev–Trinajstić information content (AvgIpc) is 2.49. The van der Waals surface area contributed by atoms with Gasteiger partial charge in [0.2, 0.25) is 0 Å². The minimum absolute atomic E-state index is 0.170. The van der Waals surface area contributed by atoms with E-state index in [4.69, 9.17) is 9.84 Å². The molecule has 4 heteroatoms. The van der Waals surface area contributed by atoms with E-state index in [2.05, 4.69) is 6.92 Å². The van der Waals surface area contributed by atoms with E-state index >= 15 is 0 Å². The number of rotatable bonds is 5. The van der Waals surface area contributed by atoms with Gasteiger partial charge >= 0.3 is 11.9 Å². The quantitative estimate of drug-likeness (QED) is 0.666. The predicted molar refractivity (Wildman–Crippen MR) is 79.2 cm³/mol. The van der Waals surface area contributed by atoms with Gasteiger partial charge in [0.1, 0.15) is 5.75 Å². The van der Waals surface area contributed by atoms with Crippen molar-refractivity contribution in [2.75, 3.05) is 0 Å². The number of hydrogen-bond donors (Lipinski definition) is 1. The standard InChI is InChI=1S/C17H22O4/c1-2-3-12-4-10-15(11-5-12)21-17(20)14-8-6-13(7-9-14)16(18)19/h4-5,10-11,13-14H,2-3,6-9H2,1H3,(H,18,19)/t13-,14-. The summed E-state index contributed by atoms with van der Waals surface area (Å²) in [6.45, 7) is 2.13. The fourth-order valence-corrected chi connectivity index (χ4v) is 2.79. The van der Waals surface area contributed by atoms with Gasteiger partial charge < -0.3 is 9.84 Å². The van der Waals surface area contributed by atoms with Gasteiger partial charge in [-0.1, -0.05) is 25.5 Å². The van der Waals surface area contributed by atoms with Crippen LogP contribution in [-0.4, -0.2) is 17.0 Å². The van der Waals surface area contributed by atoms with Gasteiger partial charge in [-0.2, -0.15) is 0 Å². The minimum Gasteiger partial charge on any atom is -0.481 e. The summed E-state index contributed by atoms with van der Waals surface area (Å²) in [5.74, 6) is -0.895. The van der Waals surface area contributed by atoms with Crippen molar-refractivity contribution in [2.45, 2.75) is 45.4 Å². The van der Waals surface area contributed by atoms with Crippen molar-refractivity contribution in [1.82, 2.24) is 0 Å². The second-order valence-corrected chi connectivity index (χ2v) is 5.70. The first-order chi connectivity index (χ1) is 10.1. The number of esters is 1. The Morgan fingerprint density at radius 2 is 1.67 bits per heavy atom. The first-order valence-electron chi connectivity index (χ1n) is 7.63. The van der Waals surface area contributed by atoms with Crippen molar-refractivity contribution >= 4 is 11.9 Å². The molecule has 114 valence electrons. The number of benzene rings is 1. The van der Waals surface area contributed by atoms with Crippen molar-refractivity contribution in [2.24, 2.45) is 11.8 Å². The number of carbonyl (C=O) groups excluding carboxylic acids is 1. The van der Waals surface area contributed by atoms with Crippen molar-refractivity contribution < 1.29 is 19.4 Å². The Morgan fingerprint density at radius 1 is 1.10 bits per heavy atom. The predicted octanol–water partition coefficient (Wildman–Crippen LogP) is 3.44. The molecule has 0 aliphatic heterocycles. The Hall–Kier alpha value is -1.84. The molecule has 1 aliphatic carbocycles. The lowest BCUT2D eigenvalue weighted by molar-refractivity contribution is -0.146. The maximum atomic E-state index is 12.1. The lowest BCUT2D eigenvalue weighted by Gasteiger charge is -2.24. The minimum atomic E-state index is -0.756. The molecule has 0 aromatic heterocycles. The highest BCUT2D eigenvalue weighted by molar-refractivity contribution is 5.76. The van der Waals surface area contributed by atoms with Crippen molar-refractivity contribution in [3.63, 3.8) is 0 Å². The number of aryl methyl sites for hydroxylation is 1. The molecule has 2 rings (SSSR count). The maximum absolute atomic E-state index is 12.1. The third-order valence-electron chi connectivity index (χ3n) is 4.09. The molecule has 1 fully saturated rings. The molecular formula is C17H22O4. The molecule has 0 heterocycles. The summed E-state index contributed by atoms with van der Waals surface area (Å²) in [5.41, 5.74) is 1.24. The highest BCUT2D eigenvalue weighted by Crippen LogP contribution is 2.30.